The van der Waals surface area contributed by atoms with Crippen LogP contribution in [0.3, 0.4) is 0 Å². The van der Waals surface area contributed by atoms with Crippen molar-refractivity contribution in [3.8, 4) is 0 Å². The van der Waals surface area contributed by atoms with E-state index in [9.17, 15) is 22.8 Å². The average Bonchev–Trinajstić information content (AvgIpc) is 3.13. The molecule has 0 aliphatic rings. The Hall–Kier alpha value is -2.59. The van der Waals surface area contributed by atoms with Crippen LogP contribution in [0.2, 0.25) is 0 Å². The van der Waals surface area contributed by atoms with Gasteiger partial charge in [-0.05, 0) is 24.5 Å². The van der Waals surface area contributed by atoms with E-state index < -0.39 is 34.8 Å². The van der Waals surface area contributed by atoms with Crippen LogP contribution in [-0.4, -0.2) is 28.2 Å². The van der Waals surface area contributed by atoms with E-state index in [-0.39, 0.29) is 29.1 Å². The number of aromatic nitrogens is 1. The van der Waals surface area contributed by atoms with Gasteiger partial charge in [-0.3, -0.25) is 9.59 Å². The van der Waals surface area contributed by atoms with Crippen molar-refractivity contribution in [3.63, 3.8) is 0 Å². The molecule has 1 aromatic heterocycles. The van der Waals surface area contributed by atoms with Crippen molar-refractivity contribution >= 4 is 50.9 Å². The van der Waals surface area contributed by atoms with Crippen LogP contribution in [0.25, 0.3) is 10.2 Å². The molecule has 29 heavy (non-hydrogen) atoms. The Bertz CT molecular complexity index is 1090. The van der Waals surface area contributed by atoms with Gasteiger partial charge in [-0.1, -0.05) is 6.07 Å². The molecule has 3 rings (SSSR count). The summed E-state index contributed by atoms with van der Waals surface area (Å²) in [5, 5.41) is 9.06. The van der Waals surface area contributed by atoms with Gasteiger partial charge in [0.25, 0.3) is 0 Å². The normalized spacial score (nSPS) is 11.0. The average molecular weight is 440 g/mol. The van der Waals surface area contributed by atoms with E-state index in [2.05, 4.69) is 4.98 Å². The highest BCUT2D eigenvalue weighted by molar-refractivity contribution is 7.98. The molecular formula is C19H15F3N2O3S2. The van der Waals surface area contributed by atoms with Gasteiger partial charge in [0.2, 0.25) is 5.91 Å². The number of carbonyl (C=O) groups is 2. The summed E-state index contributed by atoms with van der Waals surface area (Å²) < 4.78 is 41.3. The minimum absolute atomic E-state index is 0.129. The van der Waals surface area contributed by atoms with E-state index in [4.69, 9.17) is 5.11 Å². The summed E-state index contributed by atoms with van der Waals surface area (Å²) in [6.07, 6.45) is 1.26. The van der Waals surface area contributed by atoms with E-state index in [1.165, 1.54) is 16.7 Å². The maximum atomic E-state index is 14.0. The largest absolute Gasteiger partial charge is 0.481 e. The molecular weight excluding hydrogens is 425 g/mol. The van der Waals surface area contributed by atoms with E-state index in [1.807, 2.05) is 12.3 Å². The fraction of sp³-hybridized carbons (Fsp3) is 0.211. The summed E-state index contributed by atoms with van der Waals surface area (Å²) >= 11 is 2.27. The maximum Gasteiger partial charge on any atom is 0.303 e. The lowest BCUT2D eigenvalue weighted by Crippen LogP contribution is -2.30. The van der Waals surface area contributed by atoms with Crippen molar-refractivity contribution in [1.82, 2.24) is 4.98 Å². The van der Waals surface area contributed by atoms with Crippen LogP contribution in [0, 0.1) is 17.5 Å². The zero-order chi connectivity index (χ0) is 21.1. The zero-order valence-corrected chi connectivity index (χ0v) is 16.7. The first kappa shape index (κ1) is 21.1. The molecule has 0 fully saturated rings. The molecule has 2 aromatic carbocycles. The fourth-order valence-corrected chi connectivity index (χ4v) is 4.09. The van der Waals surface area contributed by atoms with Crippen LogP contribution < -0.4 is 4.90 Å². The molecule has 1 heterocycles. The number of hydrogen-bond acceptors (Lipinski definition) is 5. The van der Waals surface area contributed by atoms with Crippen LogP contribution in [0.5, 0.6) is 0 Å². The summed E-state index contributed by atoms with van der Waals surface area (Å²) in [4.78, 5) is 29.7. The van der Waals surface area contributed by atoms with Crippen molar-refractivity contribution in [2.75, 3.05) is 11.2 Å². The molecule has 0 saturated carbocycles. The standard InChI is InChI=1S/C19H15F3N2O3S2/c1-28-11-4-2-3-10(7-11)24(15(25)5-6-16(26)27)9-14-23-18-17(22)12(20)8-13(21)19(18)29-14/h2-4,7-8H,5-6,9H2,1H3,(H,26,27). The molecule has 0 bridgehead atoms. The third-order valence-electron chi connectivity index (χ3n) is 4.07. The predicted molar refractivity (Wildman–Crippen MR) is 106 cm³/mol. The minimum atomic E-state index is -1.34. The number of fused-ring (bicyclic) bond motifs is 1. The highest BCUT2D eigenvalue weighted by atomic mass is 32.2. The summed E-state index contributed by atoms with van der Waals surface area (Å²) in [7, 11) is 0. The highest BCUT2D eigenvalue weighted by Gasteiger charge is 2.22. The Morgan fingerprint density at radius 3 is 2.62 bits per heavy atom. The maximum absolute atomic E-state index is 14.0. The number of aliphatic carboxylic acids is 1. The Balaban J connectivity index is 1.99. The quantitative estimate of drug-likeness (QED) is 0.421. The van der Waals surface area contributed by atoms with Crippen LogP contribution in [0.15, 0.2) is 35.2 Å². The van der Waals surface area contributed by atoms with Crippen LogP contribution >= 0.6 is 23.1 Å². The topological polar surface area (TPSA) is 70.5 Å². The number of carboxylic acids is 1. The predicted octanol–water partition coefficient (Wildman–Crippen LogP) is 4.83. The number of halogens is 3. The second-order valence-electron chi connectivity index (χ2n) is 6.01. The highest BCUT2D eigenvalue weighted by Crippen LogP contribution is 2.31. The van der Waals surface area contributed by atoms with Crippen molar-refractivity contribution in [2.45, 2.75) is 24.3 Å². The SMILES string of the molecule is CSc1cccc(N(Cc2nc3c(F)c(F)cc(F)c3s2)C(=O)CCC(=O)O)c1. The lowest BCUT2D eigenvalue weighted by molar-refractivity contribution is -0.138. The molecule has 152 valence electrons. The van der Waals surface area contributed by atoms with Crippen molar-refractivity contribution in [2.24, 2.45) is 0 Å². The molecule has 0 unspecified atom stereocenters. The second-order valence-corrected chi connectivity index (χ2v) is 7.98. The first-order valence-corrected chi connectivity index (χ1v) is 10.4. The van der Waals surface area contributed by atoms with Crippen molar-refractivity contribution < 1.29 is 27.9 Å². The number of hydrogen-bond donors (Lipinski definition) is 1. The third-order valence-corrected chi connectivity index (χ3v) is 5.85. The van der Waals surface area contributed by atoms with Crippen molar-refractivity contribution in [1.29, 1.82) is 0 Å². The molecule has 0 atom stereocenters. The molecule has 0 spiro atoms. The number of carboxylic acid groups (broad SMARTS) is 1. The first-order chi connectivity index (χ1) is 13.8. The lowest BCUT2D eigenvalue weighted by Gasteiger charge is -2.22. The number of rotatable bonds is 7. The monoisotopic (exact) mass is 440 g/mol. The Kier molecular flexibility index (Phi) is 6.43. The van der Waals surface area contributed by atoms with Gasteiger partial charge in [-0.15, -0.1) is 23.1 Å². The minimum Gasteiger partial charge on any atom is -0.481 e. The van der Waals surface area contributed by atoms with Gasteiger partial charge in [-0.25, -0.2) is 18.2 Å². The number of nitrogens with zero attached hydrogens (tertiary/aromatic N) is 2. The molecule has 0 radical (unpaired) electrons. The summed E-state index contributed by atoms with van der Waals surface area (Å²) in [5.41, 5.74) is 0.0666. The number of benzene rings is 2. The van der Waals surface area contributed by atoms with Gasteiger partial charge in [-0.2, -0.15) is 0 Å². The number of thioether (sulfide) groups is 1. The summed E-state index contributed by atoms with van der Waals surface area (Å²) in [5.74, 6) is -5.12. The van der Waals surface area contributed by atoms with Gasteiger partial charge < -0.3 is 10.0 Å². The second kappa shape index (κ2) is 8.83. The van der Waals surface area contributed by atoms with Gasteiger partial charge in [0.15, 0.2) is 11.6 Å². The smallest absolute Gasteiger partial charge is 0.303 e. The summed E-state index contributed by atoms with van der Waals surface area (Å²) in [6, 6.07) is 7.46. The molecule has 0 saturated heterocycles. The van der Waals surface area contributed by atoms with E-state index in [1.54, 1.807) is 18.2 Å². The molecule has 1 N–H and O–H groups in total. The van der Waals surface area contributed by atoms with E-state index >= 15 is 0 Å². The van der Waals surface area contributed by atoms with Crippen LogP contribution in [0.4, 0.5) is 18.9 Å². The van der Waals surface area contributed by atoms with Crippen LogP contribution in [-0.2, 0) is 16.1 Å². The Morgan fingerprint density at radius 2 is 1.93 bits per heavy atom. The van der Waals surface area contributed by atoms with Gasteiger partial charge >= 0.3 is 5.97 Å². The van der Waals surface area contributed by atoms with E-state index in [0.717, 1.165) is 16.2 Å². The summed E-state index contributed by atoms with van der Waals surface area (Å²) in [6.45, 7) is -0.129. The third kappa shape index (κ3) is 4.70. The number of anilines is 1. The lowest BCUT2D eigenvalue weighted by atomic mass is 10.2. The number of thiazole rings is 1. The molecule has 0 aliphatic heterocycles. The molecule has 10 heteroatoms. The first-order valence-electron chi connectivity index (χ1n) is 8.39. The fourth-order valence-electron chi connectivity index (χ4n) is 2.68. The zero-order valence-electron chi connectivity index (χ0n) is 15.1. The molecule has 0 aliphatic carbocycles. The Morgan fingerprint density at radius 1 is 1.17 bits per heavy atom. The molecule has 5 nitrogen and oxygen atoms in total. The molecule has 3 aromatic rings. The van der Waals surface area contributed by atoms with Gasteiger partial charge in [0.1, 0.15) is 16.3 Å². The molecule has 1 amide bonds. The van der Waals surface area contributed by atoms with Crippen molar-refractivity contribution in [3.05, 3.63) is 52.8 Å². The van der Waals surface area contributed by atoms with Gasteiger partial charge in [0, 0.05) is 23.1 Å². The van der Waals surface area contributed by atoms with Gasteiger partial charge in [0.05, 0.1) is 17.7 Å². The Labute approximate surface area is 172 Å². The van der Waals surface area contributed by atoms with E-state index in [0.29, 0.717) is 11.8 Å². The van der Waals surface area contributed by atoms with Crippen LogP contribution in [0.1, 0.15) is 17.8 Å². The number of carbonyl (C=O) groups excluding carboxylic acids is 1. The number of amides is 1.